The Morgan fingerprint density at radius 3 is 1.41 bits per heavy atom. The molecule has 0 saturated heterocycles. The van der Waals surface area contributed by atoms with Crippen molar-refractivity contribution < 1.29 is 24.5 Å². The van der Waals surface area contributed by atoms with Gasteiger partial charge in [0.15, 0.2) is 0 Å². The van der Waals surface area contributed by atoms with Crippen molar-refractivity contribution in [2.45, 2.75) is 277 Å². The average Bonchev–Trinajstić information content (AvgIpc) is 3.22. The fraction of sp³-hybridized carbons (Fsp3) is 0.846. The first kappa shape index (κ1) is 56.1. The molecule has 0 heterocycles. The van der Waals surface area contributed by atoms with Crippen LogP contribution in [0.25, 0.3) is 0 Å². The van der Waals surface area contributed by atoms with E-state index in [2.05, 4.69) is 62.5 Å². The summed E-state index contributed by atoms with van der Waals surface area (Å²) in [6.07, 6.45) is 53.4. The largest absolute Gasteiger partial charge is 0.462 e. The summed E-state index contributed by atoms with van der Waals surface area (Å²) in [5.41, 5.74) is 0. The van der Waals surface area contributed by atoms with Crippen LogP contribution in [0.2, 0.25) is 0 Å². The summed E-state index contributed by atoms with van der Waals surface area (Å²) in [5.74, 6) is -0.487. The molecule has 0 aliphatic rings. The van der Waals surface area contributed by atoms with Gasteiger partial charge in [-0.15, -0.1) is 0 Å². The molecule has 0 aromatic rings. The van der Waals surface area contributed by atoms with E-state index in [4.69, 9.17) is 4.74 Å². The quantitative estimate of drug-likeness (QED) is 0.0323. The number of hydrogen-bond acceptors (Lipinski definition) is 5. The van der Waals surface area contributed by atoms with Crippen LogP contribution in [-0.4, -0.2) is 46.9 Å². The van der Waals surface area contributed by atoms with Crippen molar-refractivity contribution in [2.24, 2.45) is 0 Å². The van der Waals surface area contributed by atoms with Gasteiger partial charge in [-0.05, 0) is 77.0 Å². The fourth-order valence-electron chi connectivity index (χ4n) is 7.56. The van der Waals surface area contributed by atoms with Gasteiger partial charge in [-0.25, -0.2) is 0 Å². The highest BCUT2D eigenvalue weighted by Crippen LogP contribution is 2.18. The second kappa shape index (κ2) is 46.2. The van der Waals surface area contributed by atoms with Crippen LogP contribution in [0.15, 0.2) is 36.5 Å². The molecule has 0 aromatic heterocycles. The number of carbonyl (C=O) groups is 2. The zero-order valence-corrected chi connectivity index (χ0v) is 38.7. The van der Waals surface area contributed by atoms with Crippen LogP contribution in [-0.2, 0) is 14.3 Å². The Bertz CT molecular complexity index is 961. The third-order valence-electron chi connectivity index (χ3n) is 11.4. The molecule has 58 heavy (non-hydrogen) atoms. The number of aliphatic hydroxyl groups is 2. The fourth-order valence-corrected chi connectivity index (χ4v) is 7.56. The first-order valence-electron chi connectivity index (χ1n) is 25.2. The first-order chi connectivity index (χ1) is 28.5. The van der Waals surface area contributed by atoms with Gasteiger partial charge in [0.1, 0.15) is 6.10 Å². The maximum atomic E-state index is 13.2. The highest BCUT2D eigenvalue weighted by Gasteiger charge is 2.24. The molecule has 3 N–H and O–H groups in total. The molecule has 6 heteroatoms. The Morgan fingerprint density at radius 1 is 0.500 bits per heavy atom. The summed E-state index contributed by atoms with van der Waals surface area (Å²) in [7, 11) is 0. The lowest BCUT2D eigenvalue weighted by Gasteiger charge is -2.24. The van der Waals surface area contributed by atoms with Crippen LogP contribution in [0.5, 0.6) is 0 Å². The lowest BCUT2D eigenvalue weighted by atomic mass is 10.0. The predicted octanol–water partition coefficient (Wildman–Crippen LogP) is 14.9. The third-order valence-corrected chi connectivity index (χ3v) is 11.4. The lowest BCUT2D eigenvalue weighted by molar-refractivity contribution is -0.151. The van der Waals surface area contributed by atoms with E-state index in [1.54, 1.807) is 0 Å². The van der Waals surface area contributed by atoms with Gasteiger partial charge in [0.2, 0.25) is 5.91 Å². The molecule has 0 aliphatic carbocycles. The van der Waals surface area contributed by atoms with Crippen LogP contribution < -0.4 is 5.32 Å². The Hall–Kier alpha value is -1.92. The third kappa shape index (κ3) is 40.8. The Labute approximate surface area is 360 Å². The zero-order valence-electron chi connectivity index (χ0n) is 38.7. The van der Waals surface area contributed by atoms with Crippen LogP contribution >= 0.6 is 0 Å². The van der Waals surface area contributed by atoms with Gasteiger partial charge in [0, 0.05) is 6.42 Å². The minimum atomic E-state index is -0.788. The van der Waals surface area contributed by atoms with Crippen molar-refractivity contribution in [1.29, 1.82) is 0 Å². The number of unbranched alkanes of at least 4 members (excludes halogenated alkanes) is 27. The van der Waals surface area contributed by atoms with E-state index in [0.29, 0.717) is 19.3 Å². The van der Waals surface area contributed by atoms with E-state index >= 15 is 0 Å². The molecule has 0 spiro atoms. The summed E-state index contributed by atoms with van der Waals surface area (Å²) in [6.45, 7) is 6.42. The molecular weight excluding hydrogens is 719 g/mol. The smallest absolute Gasteiger partial charge is 0.306 e. The maximum Gasteiger partial charge on any atom is 0.306 e. The van der Waals surface area contributed by atoms with Gasteiger partial charge >= 0.3 is 5.97 Å². The van der Waals surface area contributed by atoms with Crippen molar-refractivity contribution in [1.82, 2.24) is 5.32 Å². The van der Waals surface area contributed by atoms with Crippen LogP contribution in [0.1, 0.15) is 258 Å². The minimum absolute atomic E-state index is 0.0708. The zero-order chi connectivity index (χ0) is 42.4. The van der Waals surface area contributed by atoms with E-state index < -0.39 is 18.2 Å². The van der Waals surface area contributed by atoms with Crippen molar-refractivity contribution in [3.05, 3.63) is 36.5 Å². The van der Waals surface area contributed by atoms with Gasteiger partial charge < -0.3 is 20.3 Å². The molecule has 6 nitrogen and oxygen atoms in total. The summed E-state index contributed by atoms with van der Waals surface area (Å²) in [6, 6.07) is -0.702. The number of carbonyl (C=O) groups excluding carboxylic acids is 2. The summed E-state index contributed by atoms with van der Waals surface area (Å²) < 4.78 is 5.92. The number of allylic oxidation sites excluding steroid dienone is 6. The predicted molar refractivity (Wildman–Crippen MR) is 250 cm³/mol. The number of esters is 1. The van der Waals surface area contributed by atoms with Crippen molar-refractivity contribution in [3.63, 3.8) is 0 Å². The van der Waals surface area contributed by atoms with Crippen LogP contribution in [0, 0.1) is 0 Å². The highest BCUT2D eigenvalue weighted by atomic mass is 16.5. The molecule has 0 aromatic carbocycles. The summed E-state index contributed by atoms with van der Waals surface area (Å²) >= 11 is 0. The van der Waals surface area contributed by atoms with E-state index in [9.17, 15) is 19.8 Å². The van der Waals surface area contributed by atoms with Crippen molar-refractivity contribution in [2.75, 3.05) is 6.61 Å². The Balaban J connectivity index is 4.59. The molecule has 0 fully saturated rings. The molecule has 3 unspecified atom stereocenters. The van der Waals surface area contributed by atoms with E-state index in [1.165, 1.54) is 135 Å². The topological polar surface area (TPSA) is 95.9 Å². The Morgan fingerprint density at radius 2 is 0.897 bits per heavy atom. The van der Waals surface area contributed by atoms with Gasteiger partial charge in [-0.2, -0.15) is 0 Å². The van der Waals surface area contributed by atoms with E-state index in [1.807, 2.05) is 0 Å². The molecule has 1 amide bonds. The maximum absolute atomic E-state index is 13.2. The van der Waals surface area contributed by atoms with E-state index in [-0.39, 0.29) is 24.9 Å². The summed E-state index contributed by atoms with van der Waals surface area (Å²) in [5, 5.41) is 23.7. The first-order valence-corrected chi connectivity index (χ1v) is 25.2. The average molecular weight is 816 g/mol. The number of amides is 1. The SMILES string of the molecule is CCCC/C=C\CCCCCCCC(=O)OC(CCCCCCCCC/C=C\C/C=C\CCCCC)CC(=O)NC(CO)C(O)CCCCCCCCCCCCC. The van der Waals surface area contributed by atoms with Gasteiger partial charge in [0.25, 0.3) is 0 Å². The number of aliphatic hydroxyl groups excluding tert-OH is 2. The molecular formula is C52H97NO5. The molecule has 0 bridgehead atoms. The monoisotopic (exact) mass is 816 g/mol. The van der Waals surface area contributed by atoms with Crippen molar-refractivity contribution in [3.8, 4) is 0 Å². The number of ether oxygens (including phenoxy) is 1. The lowest BCUT2D eigenvalue weighted by Crippen LogP contribution is -2.46. The molecule has 0 aliphatic heterocycles. The summed E-state index contributed by atoms with van der Waals surface area (Å²) in [4.78, 5) is 26.1. The number of nitrogens with one attached hydrogen (secondary N) is 1. The van der Waals surface area contributed by atoms with Crippen LogP contribution in [0.4, 0.5) is 0 Å². The molecule has 340 valence electrons. The van der Waals surface area contributed by atoms with Gasteiger partial charge in [0.05, 0.1) is 25.2 Å². The van der Waals surface area contributed by atoms with Gasteiger partial charge in [-0.1, -0.05) is 205 Å². The minimum Gasteiger partial charge on any atom is -0.462 e. The van der Waals surface area contributed by atoms with E-state index in [0.717, 1.165) is 77.0 Å². The molecule has 3 atom stereocenters. The van der Waals surface area contributed by atoms with Gasteiger partial charge in [-0.3, -0.25) is 9.59 Å². The molecule has 0 radical (unpaired) electrons. The standard InChI is InChI=1S/C52H97NO5/c1-4-7-10-13-16-19-22-23-24-25-26-27-30-31-34-37-40-43-48(58-52(57)45-42-39-36-33-29-21-18-15-12-9-6-3)46-51(56)53-49(47-54)50(55)44-41-38-35-32-28-20-17-14-11-8-5-2/h15-16,18-19,23-24,48-50,54-55H,4-14,17,20-22,25-47H2,1-3H3,(H,53,56)/b18-15-,19-16-,24-23-. The van der Waals surface area contributed by atoms with Crippen molar-refractivity contribution >= 4 is 11.9 Å². The van der Waals surface area contributed by atoms with Crippen LogP contribution in [0.3, 0.4) is 0 Å². The number of rotatable bonds is 45. The second-order valence-electron chi connectivity index (χ2n) is 17.2. The number of hydrogen-bond donors (Lipinski definition) is 3. The highest BCUT2D eigenvalue weighted by molar-refractivity contribution is 5.77. The second-order valence-corrected chi connectivity index (χ2v) is 17.2. The molecule has 0 saturated carbocycles. The normalized spacial score (nSPS) is 13.5. The Kier molecular flexibility index (Phi) is 44.6. The molecule has 0 rings (SSSR count).